The minimum Gasteiger partial charge on any atom is -0.392 e. The second-order valence-electron chi connectivity index (χ2n) is 6.93. The van der Waals surface area contributed by atoms with Gasteiger partial charge in [-0.2, -0.15) is 0 Å². The minimum atomic E-state index is -0.214. The van der Waals surface area contributed by atoms with Gasteiger partial charge in [-0.1, -0.05) is 6.42 Å². The molecule has 1 aromatic heterocycles. The molecule has 0 bridgehead atoms. The molecule has 1 saturated carbocycles. The highest BCUT2D eigenvalue weighted by Gasteiger charge is 2.40. The SMILES string of the molecule is C[C@@H](O)CN1C[C@H]2CCC[C@@H](CNc3nccn3C)[C@H]2C1. The van der Waals surface area contributed by atoms with Gasteiger partial charge in [-0.25, -0.2) is 4.98 Å². The lowest BCUT2D eigenvalue weighted by Gasteiger charge is -2.33. The molecule has 1 aromatic rings. The van der Waals surface area contributed by atoms with Crippen molar-refractivity contribution in [3.63, 3.8) is 0 Å². The summed E-state index contributed by atoms with van der Waals surface area (Å²) in [6.45, 7) is 6.07. The smallest absolute Gasteiger partial charge is 0.202 e. The summed E-state index contributed by atoms with van der Waals surface area (Å²) < 4.78 is 2.04. The third kappa shape index (κ3) is 3.40. The summed E-state index contributed by atoms with van der Waals surface area (Å²) in [6, 6.07) is 0. The van der Waals surface area contributed by atoms with Gasteiger partial charge < -0.3 is 19.9 Å². The van der Waals surface area contributed by atoms with Crippen LogP contribution >= 0.6 is 0 Å². The van der Waals surface area contributed by atoms with Gasteiger partial charge in [0.2, 0.25) is 5.95 Å². The largest absolute Gasteiger partial charge is 0.392 e. The number of rotatable bonds is 5. The predicted molar refractivity (Wildman–Crippen MR) is 84.1 cm³/mol. The number of anilines is 1. The number of aliphatic hydroxyl groups excluding tert-OH is 1. The van der Waals surface area contributed by atoms with Crippen LogP contribution in [0.15, 0.2) is 12.4 Å². The fourth-order valence-electron chi connectivity index (χ4n) is 4.22. The standard InChI is InChI=1S/C16H28N4O/c1-12(21)9-20-10-14-5-3-4-13(15(14)11-20)8-18-16-17-6-7-19(16)2/h6-7,12-15,21H,3-5,8-11H2,1-2H3,(H,17,18)/t12-,13+,14-,15-/m1/s1. The Morgan fingerprint density at radius 3 is 3.00 bits per heavy atom. The van der Waals surface area contributed by atoms with Crippen molar-refractivity contribution in [1.29, 1.82) is 0 Å². The summed E-state index contributed by atoms with van der Waals surface area (Å²) >= 11 is 0. The molecule has 0 aromatic carbocycles. The molecule has 5 nitrogen and oxygen atoms in total. The van der Waals surface area contributed by atoms with E-state index in [9.17, 15) is 5.11 Å². The highest BCUT2D eigenvalue weighted by molar-refractivity contribution is 5.25. The van der Waals surface area contributed by atoms with Crippen molar-refractivity contribution in [1.82, 2.24) is 14.5 Å². The Hall–Kier alpha value is -1.07. The van der Waals surface area contributed by atoms with E-state index >= 15 is 0 Å². The predicted octanol–water partition coefficient (Wildman–Crippen LogP) is 1.56. The summed E-state index contributed by atoms with van der Waals surface area (Å²) in [5, 5.41) is 13.1. The molecule has 2 N–H and O–H groups in total. The first-order valence-electron chi connectivity index (χ1n) is 8.25. The monoisotopic (exact) mass is 292 g/mol. The molecule has 5 heteroatoms. The first-order valence-corrected chi connectivity index (χ1v) is 8.25. The summed E-state index contributed by atoms with van der Waals surface area (Å²) in [6.07, 6.45) is 7.63. The fourth-order valence-corrected chi connectivity index (χ4v) is 4.22. The van der Waals surface area contributed by atoms with Crippen molar-refractivity contribution in [2.45, 2.75) is 32.3 Å². The van der Waals surface area contributed by atoms with E-state index in [0.29, 0.717) is 0 Å². The number of hydrogen-bond donors (Lipinski definition) is 2. The molecule has 4 atom stereocenters. The van der Waals surface area contributed by atoms with Crippen LogP contribution in [-0.4, -0.2) is 51.8 Å². The highest BCUT2D eigenvalue weighted by atomic mass is 16.3. The van der Waals surface area contributed by atoms with Crippen molar-refractivity contribution in [3.05, 3.63) is 12.4 Å². The molecule has 0 unspecified atom stereocenters. The molecule has 2 fully saturated rings. The molecule has 1 aliphatic heterocycles. The number of nitrogens with zero attached hydrogens (tertiary/aromatic N) is 3. The number of likely N-dealkylation sites (tertiary alicyclic amines) is 1. The number of aryl methyl sites for hydroxylation is 1. The van der Waals surface area contributed by atoms with E-state index in [0.717, 1.165) is 43.3 Å². The van der Waals surface area contributed by atoms with Gasteiger partial charge in [-0.05, 0) is 37.5 Å². The second-order valence-corrected chi connectivity index (χ2v) is 6.93. The maximum Gasteiger partial charge on any atom is 0.202 e. The molecule has 2 aliphatic rings. The Labute approximate surface area is 127 Å². The van der Waals surface area contributed by atoms with Crippen LogP contribution in [0.3, 0.4) is 0 Å². The zero-order chi connectivity index (χ0) is 14.8. The zero-order valence-corrected chi connectivity index (χ0v) is 13.2. The minimum absolute atomic E-state index is 0.214. The number of hydrogen-bond acceptors (Lipinski definition) is 4. The highest BCUT2D eigenvalue weighted by Crippen LogP contribution is 2.40. The van der Waals surface area contributed by atoms with Crippen molar-refractivity contribution < 1.29 is 5.11 Å². The number of aromatic nitrogens is 2. The lowest BCUT2D eigenvalue weighted by Crippen LogP contribution is -2.33. The Balaban J connectivity index is 1.57. The van der Waals surface area contributed by atoms with E-state index < -0.39 is 0 Å². The van der Waals surface area contributed by atoms with Gasteiger partial charge in [0.1, 0.15) is 0 Å². The molecule has 1 aliphatic carbocycles. The topological polar surface area (TPSA) is 53.3 Å². The Morgan fingerprint density at radius 2 is 2.29 bits per heavy atom. The summed E-state index contributed by atoms with van der Waals surface area (Å²) in [7, 11) is 2.03. The van der Waals surface area contributed by atoms with Gasteiger partial charge in [-0.15, -0.1) is 0 Å². The molecule has 1 saturated heterocycles. The molecule has 21 heavy (non-hydrogen) atoms. The van der Waals surface area contributed by atoms with Gasteiger partial charge in [0.25, 0.3) is 0 Å². The van der Waals surface area contributed by atoms with Crippen LogP contribution in [0.1, 0.15) is 26.2 Å². The van der Waals surface area contributed by atoms with Gasteiger partial charge in [-0.3, -0.25) is 0 Å². The number of imidazole rings is 1. The maximum atomic E-state index is 9.61. The first kappa shape index (κ1) is 14.9. The van der Waals surface area contributed by atoms with Crippen molar-refractivity contribution in [3.8, 4) is 0 Å². The van der Waals surface area contributed by atoms with Crippen LogP contribution in [0.25, 0.3) is 0 Å². The third-order valence-electron chi connectivity index (χ3n) is 5.19. The second kappa shape index (κ2) is 6.36. The van der Waals surface area contributed by atoms with Gasteiger partial charge in [0, 0.05) is 45.6 Å². The van der Waals surface area contributed by atoms with Crippen LogP contribution in [0.5, 0.6) is 0 Å². The van der Waals surface area contributed by atoms with Crippen LogP contribution in [0, 0.1) is 17.8 Å². The Bertz CT molecular complexity index is 459. The maximum absolute atomic E-state index is 9.61. The summed E-state index contributed by atoms with van der Waals surface area (Å²) in [5.41, 5.74) is 0. The van der Waals surface area contributed by atoms with Crippen LogP contribution in [0.2, 0.25) is 0 Å². The number of β-amino-alcohol motifs (C(OH)–C–C–N with tert-alkyl or cyclic N) is 1. The molecule has 0 radical (unpaired) electrons. The first-order chi connectivity index (χ1) is 10.1. The molecule has 118 valence electrons. The van der Waals surface area contributed by atoms with Gasteiger partial charge in [0.05, 0.1) is 6.10 Å². The normalized spacial score (nSPS) is 31.1. The fraction of sp³-hybridized carbons (Fsp3) is 0.812. The van der Waals surface area contributed by atoms with Crippen molar-refractivity contribution in [2.24, 2.45) is 24.8 Å². The number of nitrogens with one attached hydrogen (secondary N) is 1. The summed E-state index contributed by atoms with van der Waals surface area (Å²) in [4.78, 5) is 6.81. The molecule has 0 amide bonds. The van der Waals surface area contributed by atoms with E-state index in [1.54, 1.807) is 0 Å². The number of fused-ring (bicyclic) bond motifs is 1. The quantitative estimate of drug-likeness (QED) is 0.865. The summed E-state index contributed by atoms with van der Waals surface area (Å²) in [5.74, 6) is 3.31. The Morgan fingerprint density at radius 1 is 1.43 bits per heavy atom. The van der Waals surface area contributed by atoms with E-state index in [4.69, 9.17) is 0 Å². The van der Waals surface area contributed by atoms with E-state index in [1.807, 2.05) is 30.9 Å². The van der Waals surface area contributed by atoms with E-state index in [-0.39, 0.29) is 6.10 Å². The van der Waals surface area contributed by atoms with Crippen molar-refractivity contribution in [2.75, 3.05) is 31.5 Å². The van der Waals surface area contributed by atoms with E-state index in [1.165, 1.54) is 25.8 Å². The molecule has 0 spiro atoms. The van der Waals surface area contributed by atoms with Crippen LogP contribution < -0.4 is 5.32 Å². The van der Waals surface area contributed by atoms with Gasteiger partial charge >= 0.3 is 0 Å². The lowest BCUT2D eigenvalue weighted by atomic mass is 9.74. The number of aliphatic hydroxyl groups is 1. The molecular weight excluding hydrogens is 264 g/mol. The average Bonchev–Trinajstić information content (AvgIpc) is 3.01. The molecule has 3 rings (SSSR count). The third-order valence-corrected chi connectivity index (χ3v) is 5.19. The lowest BCUT2D eigenvalue weighted by molar-refractivity contribution is 0.136. The Kier molecular flexibility index (Phi) is 4.50. The molecular formula is C16H28N4O. The average molecular weight is 292 g/mol. The van der Waals surface area contributed by atoms with E-state index in [2.05, 4.69) is 15.2 Å². The van der Waals surface area contributed by atoms with Crippen LogP contribution in [-0.2, 0) is 7.05 Å². The zero-order valence-electron chi connectivity index (χ0n) is 13.2. The van der Waals surface area contributed by atoms with Crippen LogP contribution in [0.4, 0.5) is 5.95 Å². The van der Waals surface area contributed by atoms with Gasteiger partial charge in [0.15, 0.2) is 0 Å². The van der Waals surface area contributed by atoms with Crippen molar-refractivity contribution >= 4 is 5.95 Å². The molecule has 2 heterocycles.